The summed E-state index contributed by atoms with van der Waals surface area (Å²) in [6, 6.07) is 4.71. The van der Waals surface area contributed by atoms with E-state index in [4.69, 9.17) is 0 Å². The number of aromatic nitrogens is 1. The number of carbonyl (C=O) groups is 1. The number of carbonyl (C=O) groups excluding carboxylic acids is 1. The molecule has 3 fully saturated rings. The molecule has 1 aromatic rings. The van der Waals surface area contributed by atoms with Gasteiger partial charge >= 0.3 is 0 Å². The zero-order valence-electron chi connectivity index (χ0n) is 11.7. The second-order valence-electron chi connectivity index (χ2n) is 6.47. The van der Waals surface area contributed by atoms with E-state index in [0.29, 0.717) is 23.8 Å². The van der Waals surface area contributed by atoms with Gasteiger partial charge in [-0.3, -0.25) is 14.7 Å². The first-order valence-corrected chi connectivity index (χ1v) is 7.73. The van der Waals surface area contributed by atoms with E-state index in [-0.39, 0.29) is 0 Å². The molecule has 0 aromatic carbocycles. The first-order valence-electron chi connectivity index (χ1n) is 7.73. The lowest BCUT2D eigenvalue weighted by Crippen LogP contribution is -2.37. The van der Waals surface area contributed by atoms with Crippen molar-refractivity contribution in [3.8, 4) is 0 Å². The van der Waals surface area contributed by atoms with Crippen molar-refractivity contribution in [2.45, 2.75) is 31.8 Å². The van der Waals surface area contributed by atoms with Gasteiger partial charge in [-0.25, -0.2) is 0 Å². The summed E-state index contributed by atoms with van der Waals surface area (Å²) >= 11 is 0. The minimum absolute atomic E-state index is 0.362. The van der Waals surface area contributed by atoms with Gasteiger partial charge in [-0.05, 0) is 43.4 Å². The molecular formula is C16H21N3O. The summed E-state index contributed by atoms with van der Waals surface area (Å²) in [7, 11) is 0. The molecule has 4 heteroatoms. The maximum absolute atomic E-state index is 12.2. The fourth-order valence-electron chi connectivity index (χ4n) is 3.74. The lowest BCUT2D eigenvalue weighted by Gasteiger charge is -2.24. The van der Waals surface area contributed by atoms with Gasteiger partial charge in [0, 0.05) is 44.0 Å². The minimum Gasteiger partial charge on any atom is -0.341 e. The Morgan fingerprint density at radius 3 is 2.95 bits per heavy atom. The summed E-state index contributed by atoms with van der Waals surface area (Å²) in [4.78, 5) is 21.1. The van der Waals surface area contributed by atoms with E-state index in [9.17, 15) is 4.79 Å². The smallest absolute Gasteiger partial charge is 0.225 e. The molecule has 0 unspecified atom stereocenters. The third-order valence-corrected chi connectivity index (χ3v) is 5.01. The van der Waals surface area contributed by atoms with E-state index in [1.54, 1.807) is 0 Å². The summed E-state index contributed by atoms with van der Waals surface area (Å²) in [6.45, 7) is 4.07. The molecule has 3 heterocycles. The Labute approximate surface area is 119 Å². The minimum atomic E-state index is 0.362. The molecular weight excluding hydrogens is 250 g/mol. The number of fused-ring (bicyclic) bond motifs is 1. The van der Waals surface area contributed by atoms with Gasteiger partial charge in [-0.1, -0.05) is 6.07 Å². The average Bonchev–Trinajstić information content (AvgIpc) is 3.13. The number of pyridine rings is 1. The van der Waals surface area contributed by atoms with Gasteiger partial charge in [-0.15, -0.1) is 0 Å². The highest BCUT2D eigenvalue weighted by molar-refractivity contribution is 5.81. The van der Waals surface area contributed by atoms with Gasteiger partial charge in [0.1, 0.15) is 0 Å². The van der Waals surface area contributed by atoms with Crippen LogP contribution in [0, 0.1) is 11.8 Å². The third-order valence-electron chi connectivity index (χ3n) is 5.01. The van der Waals surface area contributed by atoms with Crippen molar-refractivity contribution in [3.63, 3.8) is 0 Å². The van der Waals surface area contributed by atoms with Crippen molar-refractivity contribution in [1.82, 2.24) is 14.8 Å². The lowest BCUT2D eigenvalue weighted by molar-refractivity contribution is -0.131. The van der Waals surface area contributed by atoms with Crippen LogP contribution in [0.5, 0.6) is 0 Å². The van der Waals surface area contributed by atoms with Crippen LogP contribution in [0.4, 0.5) is 0 Å². The summed E-state index contributed by atoms with van der Waals surface area (Å²) in [6.07, 6.45) is 7.24. The molecule has 2 saturated heterocycles. The van der Waals surface area contributed by atoms with Gasteiger partial charge in [-0.2, -0.15) is 0 Å². The van der Waals surface area contributed by atoms with Gasteiger partial charge < -0.3 is 4.90 Å². The van der Waals surface area contributed by atoms with Crippen LogP contribution in [0.25, 0.3) is 0 Å². The van der Waals surface area contributed by atoms with Crippen molar-refractivity contribution in [2.75, 3.05) is 19.6 Å². The third kappa shape index (κ3) is 2.22. The number of likely N-dealkylation sites (tertiary alicyclic amines) is 2. The van der Waals surface area contributed by atoms with E-state index < -0.39 is 0 Å². The molecule has 4 rings (SSSR count). The van der Waals surface area contributed by atoms with Gasteiger partial charge in [0.05, 0.1) is 0 Å². The summed E-state index contributed by atoms with van der Waals surface area (Å²) in [5.74, 6) is 1.47. The number of amides is 1. The maximum atomic E-state index is 12.2. The predicted molar refractivity (Wildman–Crippen MR) is 75.8 cm³/mol. The Bertz CT molecular complexity index is 500. The Kier molecular flexibility index (Phi) is 2.99. The Morgan fingerprint density at radius 2 is 2.20 bits per heavy atom. The van der Waals surface area contributed by atoms with Crippen molar-refractivity contribution in [2.24, 2.45) is 11.8 Å². The lowest BCUT2D eigenvalue weighted by atomic mass is 10.1. The van der Waals surface area contributed by atoms with Gasteiger partial charge in [0.25, 0.3) is 0 Å². The monoisotopic (exact) mass is 271 g/mol. The topological polar surface area (TPSA) is 36.4 Å². The molecule has 1 saturated carbocycles. The zero-order valence-corrected chi connectivity index (χ0v) is 11.7. The summed E-state index contributed by atoms with van der Waals surface area (Å²) in [5.41, 5.74) is 1.28. The van der Waals surface area contributed by atoms with E-state index in [2.05, 4.69) is 20.9 Å². The molecule has 20 heavy (non-hydrogen) atoms. The van der Waals surface area contributed by atoms with Crippen LogP contribution in [-0.2, 0) is 11.3 Å². The fraction of sp³-hybridized carbons (Fsp3) is 0.625. The van der Waals surface area contributed by atoms with Crippen LogP contribution in [-0.4, -0.2) is 46.4 Å². The molecule has 1 aromatic heterocycles. The normalized spacial score (nSPS) is 29.7. The van der Waals surface area contributed by atoms with E-state index in [1.807, 2.05) is 18.5 Å². The highest BCUT2D eigenvalue weighted by atomic mass is 16.2. The van der Waals surface area contributed by atoms with E-state index in [1.165, 1.54) is 12.0 Å². The first kappa shape index (κ1) is 12.3. The number of rotatable bonds is 3. The standard InChI is InChI=1S/C16H21N3O/c20-16(13-3-4-13)19-10-14-5-7-18(15(14)11-19)9-12-2-1-6-17-8-12/h1-2,6,8,13-15H,3-5,7,9-11H2/t14-,15+/m0/s1. The highest BCUT2D eigenvalue weighted by Crippen LogP contribution is 2.37. The highest BCUT2D eigenvalue weighted by Gasteiger charge is 2.45. The molecule has 0 N–H and O–H groups in total. The molecule has 0 spiro atoms. The van der Waals surface area contributed by atoms with Crippen LogP contribution >= 0.6 is 0 Å². The second kappa shape index (κ2) is 4.85. The molecule has 2 aliphatic heterocycles. The van der Waals surface area contributed by atoms with E-state index >= 15 is 0 Å². The SMILES string of the molecule is O=C(C1CC1)N1C[C@@H]2CCN(Cc3cccnc3)[C@@H]2C1. The molecule has 0 radical (unpaired) electrons. The van der Waals surface area contributed by atoms with Crippen LogP contribution in [0.2, 0.25) is 0 Å². The zero-order chi connectivity index (χ0) is 13.5. The molecule has 4 nitrogen and oxygen atoms in total. The molecule has 0 bridgehead atoms. The maximum Gasteiger partial charge on any atom is 0.225 e. The molecule has 106 valence electrons. The number of nitrogens with zero attached hydrogens (tertiary/aromatic N) is 3. The van der Waals surface area contributed by atoms with Gasteiger partial charge in [0.2, 0.25) is 5.91 Å². The van der Waals surface area contributed by atoms with Gasteiger partial charge in [0.15, 0.2) is 0 Å². The molecule has 1 amide bonds. The van der Waals surface area contributed by atoms with Crippen molar-refractivity contribution in [3.05, 3.63) is 30.1 Å². The fourth-order valence-corrected chi connectivity index (χ4v) is 3.74. The van der Waals surface area contributed by atoms with E-state index in [0.717, 1.165) is 39.0 Å². The Morgan fingerprint density at radius 1 is 1.30 bits per heavy atom. The van der Waals surface area contributed by atoms with Crippen LogP contribution < -0.4 is 0 Å². The molecule has 1 aliphatic carbocycles. The van der Waals surface area contributed by atoms with Crippen molar-refractivity contribution < 1.29 is 4.79 Å². The summed E-state index contributed by atoms with van der Waals surface area (Å²) in [5, 5.41) is 0. The predicted octanol–water partition coefficient (Wildman–Crippen LogP) is 1.52. The Hall–Kier alpha value is -1.42. The Balaban J connectivity index is 1.42. The summed E-state index contributed by atoms with van der Waals surface area (Å²) < 4.78 is 0. The number of hydrogen-bond acceptors (Lipinski definition) is 3. The van der Waals surface area contributed by atoms with Crippen LogP contribution in [0.15, 0.2) is 24.5 Å². The van der Waals surface area contributed by atoms with Crippen LogP contribution in [0.1, 0.15) is 24.8 Å². The molecule has 2 atom stereocenters. The molecule has 3 aliphatic rings. The average molecular weight is 271 g/mol. The van der Waals surface area contributed by atoms with Crippen molar-refractivity contribution in [1.29, 1.82) is 0 Å². The number of hydrogen-bond donors (Lipinski definition) is 0. The van der Waals surface area contributed by atoms with Crippen LogP contribution in [0.3, 0.4) is 0 Å². The van der Waals surface area contributed by atoms with Crippen molar-refractivity contribution >= 4 is 5.91 Å². The quantitative estimate of drug-likeness (QED) is 0.836. The second-order valence-corrected chi connectivity index (χ2v) is 6.47. The first-order chi connectivity index (χ1) is 9.81. The largest absolute Gasteiger partial charge is 0.341 e.